The van der Waals surface area contributed by atoms with Gasteiger partial charge in [-0.15, -0.1) is 0 Å². The molecule has 0 unspecified atom stereocenters. The van der Waals surface area contributed by atoms with Gasteiger partial charge in [0, 0.05) is 16.3 Å². The summed E-state index contributed by atoms with van der Waals surface area (Å²) in [7, 11) is 0. The first-order valence-corrected chi connectivity index (χ1v) is 10.7. The molecule has 6 aromatic rings. The number of rotatable bonds is 1. The van der Waals surface area contributed by atoms with Gasteiger partial charge in [-0.1, -0.05) is 60.7 Å². The van der Waals surface area contributed by atoms with Gasteiger partial charge in [-0.2, -0.15) is 10.5 Å². The zero-order valence-corrected chi connectivity index (χ0v) is 17.4. The molecule has 0 N–H and O–H groups in total. The van der Waals surface area contributed by atoms with Crippen LogP contribution in [0.2, 0.25) is 0 Å². The highest BCUT2D eigenvalue weighted by molar-refractivity contribution is 6.25. The van der Waals surface area contributed by atoms with E-state index in [0.29, 0.717) is 11.1 Å². The molecule has 0 aliphatic heterocycles. The lowest BCUT2D eigenvalue weighted by Crippen LogP contribution is -1.90. The van der Waals surface area contributed by atoms with Gasteiger partial charge in [0.15, 0.2) is 0 Å². The Balaban J connectivity index is 1.72. The molecule has 1 aliphatic carbocycles. The number of hydrogen-bond acceptors (Lipinski definition) is 3. The lowest BCUT2D eigenvalue weighted by Gasteiger charge is -2.13. The topological polar surface area (TPSA) is 60.7 Å². The molecular formula is C30H14N2O. The molecule has 33 heavy (non-hydrogen) atoms. The molecule has 0 saturated heterocycles. The molecule has 0 bridgehead atoms. The Labute approximate surface area is 189 Å². The van der Waals surface area contributed by atoms with Crippen LogP contribution in [0.25, 0.3) is 66.1 Å². The molecule has 7 rings (SSSR count). The van der Waals surface area contributed by atoms with Crippen molar-refractivity contribution in [2.24, 2.45) is 0 Å². The first-order valence-electron chi connectivity index (χ1n) is 10.7. The highest BCUT2D eigenvalue weighted by Crippen LogP contribution is 2.54. The van der Waals surface area contributed by atoms with Crippen molar-refractivity contribution in [1.29, 1.82) is 10.5 Å². The number of benzene rings is 5. The number of nitriles is 2. The zero-order valence-electron chi connectivity index (χ0n) is 17.4. The minimum Gasteiger partial charge on any atom is -0.456 e. The summed E-state index contributed by atoms with van der Waals surface area (Å²) in [6.45, 7) is 0. The van der Waals surface area contributed by atoms with E-state index >= 15 is 0 Å². The third-order valence-electron chi connectivity index (χ3n) is 6.68. The van der Waals surface area contributed by atoms with Crippen molar-refractivity contribution in [3.63, 3.8) is 0 Å². The van der Waals surface area contributed by atoms with E-state index in [2.05, 4.69) is 60.7 Å². The summed E-state index contributed by atoms with van der Waals surface area (Å²) in [6, 6.07) is 32.8. The fourth-order valence-corrected chi connectivity index (χ4v) is 5.33. The molecule has 3 heteroatoms. The molecule has 1 heterocycles. The van der Waals surface area contributed by atoms with Crippen molar-refractivity contribution in [1.82, 2.24) is 0 Å². The minimum absolute atomic E-state index is 0.377. The first kappa shape index (κ1) is 17.8. The van der Waals surface area contributed by atoms with E-state index in [0.717, 1.165) is 44.2 Å². The summed E-state index contributed by atoms with van der Waals surface area (Å²) in [6.07, 6.45) is 0. The largest absolute Gasteiger partial charge is 0.456 e. The van der Waals surface area contributed by atoms with Crippen molar-refractivity contribution >= 4 is 32.7 Å². The van der Waals surface area contributed by atoms with Crippen LogP contribution in [-0.4, -0.2) is 0 Å². The van der Waals surface area contributed by atoms with Gasteiger partial charge in [0.2, 0.25) is 0 Å². The molecule has 0 atom stereocenters. The monoisotopic (exact) mass is 418 g/mol. The van der Waals surface area contributed by atoms with Crippen LogP contribution in [0.5, 0.6) is 0 Å². The number of fused-ring (bicyclic) bond motifs is 6. The van der Waals surface area contributed by atoms with Gasteiger partial charge in [-0.25, -0.2) is 0 Å². The molecule has 3 nitrogen and oxygen atoms in total. The van der Waals surface area contributed by atoms with Crippen LogP contribution in [0.4, 0.5) is 0 Å². The molecule has 5 aromatic carbocycles. The molecule has 0 saturated carbocycles. The van der Waals surface area contributed by atoms with Crippen LogP contribution in [0.15, 0.2) is 89.3 Å². The molecule has 1 aliphatic rings. The van der Waals surface area contributed by atoms with Crippen LogP contribution >= 0.6 is 0 Å². The normalized spacial score (nSPS) is 11.6. The molecule has 150 valence electrons. The molecule has 0 spiro atoms. The number of hydrogen-bond donors (Lipinski definition) is 0. The van der Waals surface area contributed by atoms with Crippen LogP contribution in [0.1, 0.15) is 11.1 Å². The predicted octanol–water partition coefficient (Wildman–Crippen LogP) is 7.80. The zero-order chi connectivity index (χ0) is 22.1. The number of furan rings is 1. The molecule has 0 fully saturated rings. The smallest absolute Gasteiger partial charge is 0.136 e. The third kappa shape index (κ3) is 2.26. The Kier molecular flexibility index (Phi) is 3.41. The second-order valence-electron chi connectivity index (χ2n) is 8.34. The Morgan fingerprint density at radius 2 is 1.36 bits per heavy atom. The SMILES string of the molecule is N#Cc1ccc(-c2c3c(cc4oc5ccccc5c24)-c2cccc4cccc-3c24)cc1C#N. The minimum atomic E-state index is 0.377. The summed E-state index contributed by atoms with van der Waals surface area (Å²) in [4.78, 5) is 0. The van der Waals surface area contributed by atoms with Crippen molar-refractivity contribution < 1.29 is 4.42 Å². The fourth-order valence-electron chi connectivity index (χ4n) is 5.33. The van der Waals surface area contributed by atoms with Gasteiger partial charge >= 0.3 is 0 Å². The average Bonchev–Trinajstić information content (AvgIpc) is 3.39. The maximum absolute atomic E-state index is 9.70. The van der Waals surface area contributed by atoms with Crippen molar-refractivity contribution in [2.75, 3.05) is 0 Å². The van der Waals surface area contributed by atoms with Crippen molar-refractivity contribution in [3.05, 3.63) is 96.1 Å². The highest BCUT2D eigenvalue weighted by Gasteiger charge is 2.28. The van der Waals surface area contributed by atoms with Crippen LogP contribution < -0.4 is 0 Å². The number of nitrogens with zero attached hydrogens (tertiary/aromatic N) is 2. The van der Waals surface area contributed by atoms with Crippen LogP contribution in [0, 0.1) is 22.7 Å². The van der Waals surface area contributed by atoms with Gasteiger partial charge in [0.05, 0.1) is 11.1 Å². The first-order chi connectivity index (χ1) is 16.3. The van der Waals surface area contributed by atoms with E-state index in [1.807, 2.05) is 30.3 Å². The van der Waals surface area contributed by atoms with Gasteiger partial charge in [0.25, 0.3) is 0 Å². The van der Waals surface area contributed by atoms with E-state index in [9.17, 15) is 10.5 Å². The Morgan fingerprint density at radius 3 is 2.18 bits per heavy atom. The Morgan fingerprint density at radius 1 is 0.576 bits per heavy atom. The fraction of sp³-hybridized carbons (Fsp3) is 0. The summed E-state index contributed by atoms with van der Waals surface area (Å²) >= 11 is 0. The standard InChI is InChI=1S/C30H14N2O/c31-15-19-12-11-18(13-20(19)16-32)28-29-23-9-4-6-17-5-3-8-21(27(17)23)24(29)14-26-30(28)22-7-1-2-10-25(22)33-26/h1-14H. The van der Waals surface area contributed by atoms with E-state index in [1.54, 1.807) is 6.07 Å². The van der Waals surface area contributed by atoms with Crippen LogP contribution in [0.3, 0.4) is 0 Å². The Bertz CT molecular complexity index is 1890. The second kappa shape index (κ2) is 6.33. The van der Waals surface area contributed by atoms with E-state index in [4.69, 9.17) is 4.42 Å². The lowest BCUT2D eigenvalue weighted by atomic mass is 9.88. The van der Waals surface area contributed by atoms with Gasteiger partial charge in [-0.05, 0) is 62.9 Å². The van der Waals surface area contributed by atoms with E-state index in [1.165, 1.54) is 21.9 Å². The molecule has 0 amide bonds. The lowest BCUT2D eigenvalue weighted by molar-refractivity contribution is 0.669. The quantitative estimate of drug-likeness (QED) is 0.273. The third-order valence-corrected chi connectivity index (χ3v) is 6.68. The predicted molar refractivity (Wildman–Crippen MR) is 131 cm³/mol. The van der Waals surface area contributed by atoms with Crippen molar-refractivity contribution in [3.8, 4) is 45.5 Å². The van der Waals surface area contributed by atoms with E-state index < -0.39 is 0 Å². The number of para-hydroxylation sites is 1. The maximum atomic E-state index is 9.70. The average molecular weight is 418 g/mol. The highest BCUT2D eigenvalue weighted by atomic mass is 16.3. The summed E-state index contributed by atoms with van der Waals surface area (Å²) in [5, 5.41) is 23.7. The van der Waals surface area contributed by atoms with Gasteiger partial charge in [-0.3, -0.25) is 0 Å². The summed E-state index contributed by atoms with van der Waals surface area (Å²) in [5.41, 5.74) is 9.01. The van der Waals surface area contributed by atoms with Gasteiger partial charge in [0.1, 0.15) is 23.3 Å². The van der Waals surface area contributed by atoms with E-state index in [-0.39, 0.29) is 0 Å². The van der Waals surface area contributed by atoms with Crippen LogP contribution in [-0.2, 0) is 0 Å². The Hall–Kier alpha value is -4.86. The molecular weight excluding hydrogens is 404 g/mol. The summed E-state index contributed by atoms with van der Waals surface area (Å²) < 4.78 is 6.32. The summed E-state index contributed by atoms with van der Waals surface area (Å²) in [5.74, 6) is 0. The molecule has 1 aromatic heterocycles. The van der Waals surface area contributed by atoms with Gasteiger partial charge < -0.3 is 4.42 Å². The van der Waals surface area contributed by atoms with Crippen molar-refractivity contribution in [2.45, 2.75) is 0 Å². The molecule has 0 radical (unpaired) electrons. The second-order valence-corrected chi connectivity index (χ2v) is 8.34. The maximum Gasteiger partial charge on any atom is 0.136 e.